The number of hydrogen-bond acceptors (Lipinski definition) is 7. The summed E-state index contributed by atoms with van der Waals surface area (Å²) >= 11 is 0. The maximum absolute atomic E-state index is 12.8. The van der Waals surface area contributed by atoms with Crippen LogP contribution in [0.4, 0.5) is 0 Å². The molecule has 0 bridgehead atoms. The molecule has 8 unspecified atom stereocenters. The van der Waals surface area contributed by atoms with Crippen molar-refractivity contribution >= 4 is 5.91 Å². The number of aliphatic hydroxyl groups is 1. The minimum absolute atomic E-state index is 0.0906. The lowest BCUT2D eigenvalue weighted by Crippen LogP contribution is -2.51. The second kappa shape index (κ2) is 13.1. The molecule has 1 amide bonds. The third-order valence-electron chi connectivity index (χ3n) is 10.3. The Hall–Kier alpha value is -0.770. The zero-order valence-corrected chi connectivity index (χ0v) is 23.2. The third-order valence-corrected chi connectivity index (χ3v) is 10.3. The maximum atomic E-state index is 12.8. The molecule has 0 radical (unpaired) electrons. The van der Waals surface area contributed by atoms with Crippen LogP contribution in [0.5, 0.6) is 0 Å². The molecule has 212 valence electrons. The van der Waals surface area contributed by atoms with E-state index in [0.29, 0.717) is 68.4 Å². The summed E-state index contributed by atoms with van der Waals surface area (Å²) in [6.45, 7) is 8.94. The molecule has 2 heterocycles. The number of amides is 1. The molecule has 2 saturated heterocycles. The second-order valence-electron chi connectivity index (χ2n) is 12.9. The summed E-state index contributed by atoms with van der Waals surface area (Å²) < 4.78 is 12.1. The molecular formula is C29H52N4O4. The Balaban J connectivity index is 0.993. The van der Waals surface area contributed by atoms with Gasteiger partial charge in [0, 0.05) is 43.7 Å². The van der Waals surface area contributed by atoms with Crippen LogP contribution in [0.15, 0.2) is 0 Å². The minimum Gasteiger partial charge on any atom is -0.390 e. The van der Waals surface area contributed by atoms with Crippen molar-refractivity contribution in [3.05, 3.63) is 0 Å². The Bertz CT molecular complexity index is 737. The van der Waals surface area contributed by atoms with Crippen molar-refractivity contribution in [1.29, 1.82) is 0 Å². The molecule has 8 heteroatoms. The quantitative estimate of drug-likeness (QED) is 0.351. The van der Waals surface area contributed by atoms with Crippen LogP contribution in [0.1, 0.15) is 78.1 Å². The Labute approximate surface area is 224 Å². The van der Waals surface area contributed by atoms with Gasteiger partial charge in [-0.05, 0) is 82.6 Å². The highest BCUT2D eigenvalue weighted by Gasteiger charge is 2.41. The zero-order chi connectivity index (χ0) is 25.8. The van der Waals surface area contributed by atoms with Crippen LogP contribution in [0.2, 0.25) is 0 Å². The van der Waals surface area contributed by atoms with Crippen molar-refractivity contribution in [3.63, 3.8) is 0 Å². The number of rotatable bonds is 10. The van der Waals surface area contributed by atoms with Crippen LogP contribution in [-0.4, -0.2) is 91.9 Å². The number of aliphatic hydroxyl groups excluding tert-OH is 1. The molecule has 5 fully saturated rings. The lowest BCUT2D eigenvalue weighted by molar-refractivity contribution is -0.126. The molecule has 0 spiro atoms. The van der Waals surface area contributed by atoms with Crippen LogP contribution in [0, 0.1) is 23.7 Å². The van der Waals surface area contributed by atoms with Gasteiger partial charge in [-0.25, -0.2) is 0 Å². The highest BCUT2D eigenvalue weighted by molar-refractivity contribution is 5.78. The smallest absolute Gasteiger partial charge is 0.223 e. The van der Waals surface area contributed by atoms with E-state index in [-0.39, 0.29) is 17.9 Å². The third kappa shape index (κ3) is 7.25. The van der Waals surface area contributed by atoms with E-state index in [2.05, 4.69) is 34.7 Å². The molecule has 3 saturated carbocycles. The van der Waals surface area contributed by atoms with E-state index in [0.717, 1.165) is 38.8 Å². The number of piperidine rings is 1. The predicted octanol–water partition coefficient (Wildman–Crippen LogP) is 2.25. The first kappa shape index (κ1) is 27.8. The highest BCUT2D eigenvalue weighted by atomic mass is 16.5. The largest absolute Gasteiger partial charge is 0.390 e. The van der Waals surface area contributed by atoms with Gasteiger partial charge in [-0.1, -0.05) is 19.8 Å². The molecule has 5 rings (SSSR count). The van der Waals surface area contributed by atoms with E-state index in [4.69, 9.17) is 9.47 Å². The van der Waals surface area contributed by atoms with E-state index < -0.39 is 6.10 Å². The first-order valence-corrected chi connectivity index (χ1v) is 15.4. The first-order valence-electron chi connectivity index (χ1n) is 15.4. The van der Waals surface area contributed by atoms with Gasteiger partial charge in [-0.15, -0.1) is 0 Å². The molecule has 3 aliphatic carbocycles. The van der Waals surface area contributed by atoms with Gasteiger partial charge in [0.2, 0.25) is 5.91 Å². The first-order chi connectivity index (χ1) is 18.0. The Kier molecular flexibility index (Phi) is 9.80. The van der Waals surface area contributed by atoms with E-state index in [1.807, 2.05) is 0 Å². The van der Waals surface area contributed by atoms with Gasteiger partial charge in [0.05, 0.1) is 31.6 Å². The normalized spacial score (nSPS) is 40.1. The topological polar surface area (TPSA) is 95.1 Å². The molecule has 4 N–H and O–H groups in total. The average Bonchev–Trinajstić information content (AvgIpc) is 3.29. The summed E-state index contributed by atoms with van der Waals surface area (Å²) in [6.07, 6.45) is 11.6. The number of carbonyl (C=O) groups is 1. The lowest BCUT2D eigenvalue weighted by Gasteiger charge is -2.47. The van der Waals surface area contributed by atoms with Gasteiger partial charge < -0.3 is 30.1 Å². The fourth-order valence-electron chi connectivity index (χ4n) is 7.63. The lowest BCUT2D eigenvalue weighted by atomic mass is 9.68. The van der Waals surface area contributed by atoms with Crippen LogP contribution in [0.25, 0.3) is 0 Å². The van der Waals surface area contributed by atoms with Crippen molar-refractivity contribution in [2.45, 2.75) is 114 Å². The molecule has 37 heavy (non-hydrogen) atoms. The number of carbonyl (C=O) groups excluding carboxylic acids is 1. The van der Waals surface area contributed by atoms with Crippen LogP contribution < -0.4 is 16.0 Å². The van der Waals surface area contributed by atoms with Gasteiger partial charge in [-0.3, -0.25) is 10.1 Å². The van der Waals surface area contributed by atoms with Crippen molar-refractivity contribution in [1.82, 2.24) is 20.9 Å². The van der Waals surface area contributed by atoms with Gasteiger partial charge in [0.1, 0.15) is 0 Å². The van der Waals surface area contributed by atoms with Crippen molar-refractivity contribution in [2.75, 3.05) is 39.5 Å². The number of nitrogens with one attached hydrogen (secondary N) is 3. The van der Waals surface area contributed by atoms with Crippen molar-refractivity contribution in [2.24, 2.45) is 23.7 Å². The highest BCUT2D eigenvalue weighted by Crippen LogP contribution is 2.41. The zero-order valence-electron chi connectivity index (χ0n) is 23.2. The second-order valence-corrected chi connectivity index (χ2v) is 12.9. The molecule has 5 aliphatic rings. The number of ether oxygens (including phenoxy) is 2. The summed E-state index contributed by atoms with van der Waals surface area (Å²) in [5, 5.41) is 20.9. The van der Waals surface area contributed by atoms with Crippen LogP contribution in [0.3, 0.4) is 0 Å². The molecule has 8 nitrogen and oxygen atoms in total. The summed E-state index contributed by atoms with van der Waals surface area (Å²) in [5.41, 5.74) is 0. The van der Waals surface area contributed by atoms with Gasteiger partial charge in [0.25, 0.3) is 0 Å². The molecular weight excluding hydrogens is 468 g/mol. The number of β-amino-alcohol motifs (C(OH)–C–C–N with tert-alkyl or cyclic N) is 1. The maximum Gasteiger partial charge on any atom is 0.223 e. The average molecular weight is 521 g/mol. The molecule has 0 aromatic carbocycles. The van der Waals surface area contributed by atoms with Gasteiger partial charge in [0.15, 0.2) is 0 Å². The number of likely N-dealkylation sites (tertiary alicyclic amines) is 1. The Morgan fingerprint density at radius 3 is 2.68 bits per heavy atom. The monoisotopic (exact) mass is 520 g/mol. The van der Waals surface area contributed by atoms with Gasteiger partial charge >= 0.3 is 0 Å². The SMILES string of the molecule is CC1NCOC1COC1CCC2CN(C[C@@H](O)CNC(=O)C3CCCC(NC4CCC4)C3)CCC2C1C. The predicted molar refractivity (Wildman–Crippen MR) is 144 cm³/mol. The van der Waals surface area contributed by atoms with E-state index >= 15 is 0 Å². The van der Waals surface area contributed by atoms with E-state index in [1.54, 1.807) is 0 Å². The number of nitrogens with zero attached hydrogens (tertiary/aromatic N) is 1. The summed E-state index contributed by atoms with van der Waals surface area (Å²) in [5.74, 6) is 2.16. The molecule has 0 aromatic heterocycles. The molecule has 9 atom stereocenters. The summed E-state index contributed by atoms with van der Waals surface area (Å²) in [4.78, 5) is 15.3. The molecule has 2 aliphatic heterocycles. The Morgan fingerprint density at radius 1 is 1.11 bits per heavy atom. The van der Waals surface area contributed by atoms with E-state index in [1.165, 1.54) is 38.5 Å². The minimum atomic E-state index is -0.507. The summed E-state index contributed by atoms with van der Waals surface area (Å²) in [6, 6.07) is 1.52. The number of hydrogen-bond donors (Lipinski definition) is 4. The Morgan fingerprint density at radius 2 is 1.92 bits per heavy atom. The fraction of sp³-hybridized carbons (Fsp3) is 0.966. The fourth-order valence-corrected chi connectivity index (χ4v) is 7.63. The van der Waals surface area contributed by atoms with Gasteiger partial charge in [-0.2, -0.15) is 0 Å². The molecule has 0 aromatic rings. The van der Waals surface area contributed by atoms with Crippen molar-refractivity contribution in [3.8, 4) is 0 Å². The number of fused-ring (bicyclic) bond motifs is 1. The van der Waals surface area contributed by atoms with Crippen molar-refractivity contribution < 1.29 is 19.4 Å². The van der Waals surface area contributed by atoms with Crippen LogP contribution in [-0.2, 0) is 14.3 Å². The van der Waals surface area contributed by atoms with Crippen LogP contribution >= 0.6 is 0 Å². The van der Waals surface area contributed by atoms with E-state index in [9.17, 15) is 9.90 Å². The standard InChI is InChI=1S/C29H52N4O4/c1-19-26-11-12-33(15-22(26)9-10-27(19)36-17-28-20(2)31-18-37-28)16-25(34)14-30-29(35)21-5-3-8-24(13-21)32-23-6-4-7-23/h19-28,31-32,34H,3-18H2,1-2H3,(H,30,35)/t19?,20?,21?,22?,24?,25-,26?,27?,28?/m0/s1. The summed E-state index contributed by atoms with van der Waals surface area (Å²) in [7, 11) is 0.